The number of hydrogen-bond donors (Lipinski definition) is 0. The Labute approximate surface area is 116 Å². The van der Waals surface area contributed by atoms with Gasteiger partial charge in [-0.2, -0.15) is 0 Å². The Morgan fingerprint density at radius 2 is 1.89 bits per heavy atom. The van der Waals surface area contributed by atoms with Crippen LogP contribution in [0, 0.1) is 11.8 Å². The van der Waals surface area contributed by atoms with E-state index in [1.165, 1.54) is 75.5 Å². The maximum absolute atomic E-state index is 2.51. The van der Waals surface area contributed by atoms with Crippen LogP contribution in [0.25, 0.3) is 0 Å². The van der Waals surface area contributed by atoms with Crippen molar-refractivity contribution in [2.75, 3.05) is 26.7 Å². The van der Waals surface area contributed by atoms with Crippen molar-refractivity contribution in [1.82, 2.24) is 0 Å². The lowest BCUT2D eigenvalue weighted by Crippen LogP contribution is -2.47. The minimum Gasteiger partial charge on any atom is -0.326 e. The predicted molar refractivity (Wildman–Crippen MR) is 81.7 cm³/mol. The average molecular weight is 254 g/mol. The van der Waals surface area contributed by atoms with Gasteiger partial charge in [-0.3, -0.25) is 0 Å². The molecular formula is C17H36N+. The quantitative estimate of drug-likeness (QED) is 0.569. The molecule has 1 aliphatic rings. The molecule has 1 nitrogen and oxygen atoms in total. The number of likely N-dealkylation sites (tertiary alicyclic amines) is 1. The molecule has 108 valence electrons. The smallest absolute Gasteiger partial charge is 0.0810 e. The summed E-state index contributed by atoms with van der Waals surface area (Å²) >= 11 is 0. The Balaban J connectivity index is 2.38. The molecule has 0 aliphatic carbocycles. The summed E-state index contributed by atoms with van der Waals surface area (Å²) in [6, 6.07) is 0. The van der Waals surface area contributed by atoms with Gasteiger partial charge in [0.15, 0.2) is 0 Å². The van der Waals surface area contributed by atoms with Crippen LogP contribution in [0.3, 0.4) is 0 Å². The molecule has 0 aromatic rings. The number of quaternary nitrogens is 1. The second-order valence-corrected chi connectivity index (χ2v) is 7.08. The third kappa shape index (κ3) is 5.73. The highest BCUT2D eigenvalue weighted by atomic mass is 15.3. The molecule has 1 saturated heterocycles. The Bertz CT molecular complexity index is 214. The number of hydrogen-bond acceptors (Lipinski definition) is 0. The van der Waals surface area contributed by atoms with Crippen LogP contribution in [0.4, 0.5) is 0 Å². The average Bonchev–Trinajstić information content (AvgIpc) is 2.50. The van der Waals surface area contributed by atoms with Gasteiger partial charge >= 0.3 is 0 Å². The van der Waals surface area contributed by atoms with Gasteiger partial charge in [-0.15, -0.1) is 0 Å². The lowest BCUT2D eigenvalue weighted by molar-refractivity contribution is -0.912. The number of unbranched alkanes of at least 4 members (excludes halogenated alkanes) is 1. The van der Waals surface area contributed by atoms with Gasteiger partial charge in [0.05, 0.1) is 26.7 Å². The molecule has 0 amide bonds. The highest BCUT2D eigenvalue weighted by Gasteiger charge is 2.28. The second kappa shape index (κ2) is 8.19. The summed E-state index contributed by atoms with van der Waals surface area (Å²) in [5, 5.41) is 0. The van der Waals surface area contributed by atoms with Crippen LogP contribution in [0.5, 0.6) is 0 Å². The molecule has 0 aromatic heterocycles. The van der Waals surface area contributed by atoms with Crippen LogP contribution in [0.15, 0.2) is 0 Å². The van der Waals surface area contributed by atoms with Crippen molar-refractivity contribution >= 4 is 0 Å². The van der Waals surface area contributed by atoms with E-state index in [-0.39, 0.29) is 0 Å². The fraction of sp³-hybridized carbons (Fsp3) is 1.00. The summed E-state index contributed by atoms with van der Waals surface area (Å²) in [4.78, 5) is 0. The molecule has 0 bridgehead atoms. The van der Waals surface area contributed by atoms with Crippen molar-refractivity contribution in [3.63, 3.8) is 0 Å². The molecular weight excluding hydrogens is 218 g/mol. The summed E-state index contributed by atoms with van der Waals surface area (Å²) in [5.41, 5.74) is 0. The Morgan fingerprint density at radius 1 is 1.11 bits per heavy atom. The van der Waals surface area contributed by atoms with Crippen LogP contribution in [-0.4, -0.2) is 31.2 Å². The highest BCUT2D eigenvalue weighted by Crippen LogP contribution is 2.26. The third-order valence-electron chi connectivity index (χ3n) is 4.89. The maximum atomic E-state index is 2.51. The summed E-state index contributed by atoms with van der Waals surface area (Å²) in [6.07, 6.45) is 11.5. The largest absolute Gasteiger partial charge is 0.326 e. The molecule has 18 heavy (non-hydrogen) atoms. The monoisotopic (exact) mass is 254 g/mol. The molecule has 0 spiro atoms. The zero-order chi connectivity index (χ0) is 13.4. The molecule has 0 aromatic carbocycles. The minimum absolute atomic E-state index is 0.915. The zero-order valence-corrected chi connectivity index (χ0v) is 13.4. The molecule has 0 radical (unpaired) electrons. The van der Waals surface area contributed by atoms with Gasteiger partial charge in [-0.05, 0) is 31.6 Å². The Morgan fingerprint density at radius 3 is 2.56 bits per heavy atom. The standard InChI is InChI=1S/C17H36N/c1-5-7-10-16(3)15-18(4)13-8-11-17(9-6-2)12-14-18/h16-17H,5-15H2,1-4H3/q+1. The van der Waals surface area contributed by atoms with Gasteiger partial charge in [0.2, 0.25) is 0 Å². The van der Waals surface area contributed by atoms with Crippen molar-refractivity contribution in [1.29, 1.82) is 0 Å². The maximum Gasteiger partial charge on any atom is 0.0810 e. The Hall–Kier alpha value is -0.0400. The van der Waals surface area contributed by atoms with E-state index in [2.05, 4.69) is 27.8 Å². The van der Waals surface area contributed by atoms with E-state index < -0.39 is 0 Å². The summed E-state index contributed by atoms with van der Waals surface area (Å²) in [5.74, 6) is 1.94. The molecule has 1 fully saturated rings. The summed E-state index contributed by atoms with van der Waals surface area (Å²) in [6.45, 7) is 11.4. The van der Waals surface area contributed by atoms with E-state index >= 15 is 0 Å². The molecule has 1 heteroatoms. The van der Waals surface area contributed by atoms with Crippen LogP contribution in [0.1, 0.15) is 72.1 Å². The fourth-order valence-corrected chi connectivity index (χ4v) is 3.79. The first-order valence-corrected chi connectivity index (χ1v) is 8.43. The van der Waals surface area contributed by atoms with Gasteiger partial charge in [0.1, 0.15) is 0 Å². The van der Waals surface area contributed by atoms with Crippen molar-refractivity contribution in [3.8, 4) is 0 Å². The van der Waals surface area contributed by atoms with Crippen LogP contribution >= 0.6 is 0 Å². The van der Waals surface area contributed by atoms with E-state index in [4.69, 9.17) is 0 Å². The van der Waals surface area contributed by atoms with Crippen molar-refractivity contribution in [3.05, 3.63) is 0 Å². The number of nitrogens with zero attached hydrogens (tertiary/aromatic N) is 1. The lowest BCUT2D eigenvalue weighted by Gasteiger charge is -2.36. The summed E-state index contributed by atoms with van der Waals surface area (Å²) in [7, 11) is 2.51. The summed E-state index contributed by atoms with van der Waals surface area (Å²) < 4.78 is 1.35. The van der Waals surface area contributed by atoms with Gasteiger partial charge < -0.3 is 4.48 Å². The van der Waals surface area contributed by atoms with Crippen molar-refractivity contribution in [2.45, 2.75) is 72.1 Å². The van der Waals surface area contributed by atoms with Gasteiger partial charge in [-0.1, -0.05) is 46.5 Å². The first-order chi connectivity index (χ1) is 8.59. The van der Waals surface area contributed by atoms with E-state index in [1.54, 1.807) is 0 Å². The topological polar surface area (TPSA) is 0 Å². The third-order valence-corrected chi connectivity index (χ3v) is 4.89. The molecule has 3 atom stereocenters. The molecule has 0 N–H and O–H groups in total. The second-order valence-electron chi connectivity index (χ2n) is 7.08. The lowest BCUT2D eigenvalue weighted by atomic mass is 9.96. The van der Waals surface area contributed by atoms with E-state index in [0.717, 1.165) is 11.8 Å². The van der Waals surface area contributed by atoms with Gasteiger partial charge in [0.25, 0.3) is 0 Å². The van der Waals surface area contributed by atoms with Crippen molar-refractivity contribution in [2.24, 2.45) is 11.8 Å². The van der Waals surface area contributed by atoms with Gasteiger partial charge in [0, 0.05) is 5.92 Å². The van der Waals surface area contributed by atoms with Crippen LogP contribution < -0.4 is 0 Å². The van der Waals surface area contributed by atoms with Crippen LogP contribution in [0.2, 0.25) is 0 Å². The van der Waals surface area contributed by atoms with Crippen molar-refractivity contribution < 1.29 is 4.48 Å². The molecule has 1 heterocycles. The zero-order valence-electron chi connectivity index (χ0n) is 13.4. The van der Waals surface area contributed by atoms with Gasteiger partial charge in [-0.25, -0.2) is 0 Å². The molecule has 1 rings (SSSR count). The fourth-order valence-electron chi connectivity index (χ4n) is 3.79. The first kappa shape index (κ1) is 16.0. The first-order valence-electron chi connectivity index (χ1n) is 8.43. The van der Waals surface area contributed by atoms with E-state index in [1.807, 2.05) is 0 Å². The molecule has 0 saturated carbocycles. The normalized spacial score (nSPS) is 31.0. The minimum atomic E-state index is 0.915. The van der Waals surface area contributed by atoms with E-state index in [9.17, 15) is 0 Å². The molecule has 3 unspecified atom stereocenters. The Kier molecular flexibility index (Phi) is 7.29. The van der Waals surface area contributed by atoms with Crippen LogP contribution in [-0.2, 0) is 0 Å². The highest BCUT2D eigenvalue weighted by molar-refractivity contribution is 4.64. The SMILES string of the molecule is CCCCC(C)C[N+]1(C)CCCC(CCC)CC1. The number of rotatable bonds is 7. The predicted octanol–water partition coefficient (Wildman–Crippen LogP) is 4.86. The van der Waals surface area contributed by atoms with E-state index in [0.29, 0.717) is 0 Å². The molecule has 1 aliphatic heterocycles.